The summed E-state index contributed by atoms with van der Waals surface area (Å²) in [6.45, 7) is 8.19. The normalized spacial score (nSPS) is 12.8. The van der Waals surface area contributed by atoms with Crippen molar-refractivity contribution in [2.24, 2.45) is 0 Å². The average molecular weight is 434 g/mol. The molecule has 4 rings (SSSR count). The molecule has 7 heteroatoms. The molecule has 1 N–H and O–H groups in total. The zero-order valence-corrected chi connectivity index (χ0v) is 18.7. The average Bonchev–Trinajstić information content (AvgIpc) is 3.16. The van der Waals surface area contributed by atoms with Crippen LogP contribution in [0, 0.1) is 6.92 Å². The number of aromatic nitrogens is 3. The Morgan fingerprint density at radius 2 is 1.78 bits per heavy atom. The Morgan fingerprint density at radius 3 is 2.44 bits per heavy atom. The van der Waals surface area contributed by atoms with E-state index in [1.807, 2.05) is 54.6 Å². The molecule has 0 fully saturated rings. The molecule has 32 heavy (non-hydrogen) atoms. The van der Waals surface area contributed by atoms with Gasteiger partial charge in [0.15, 0.2) is 5.52 Å². The number of aliphatic hydroxyl groups is 1. The second kappa shape index (κ2) is 8.59. The molecule has 4 aromatic rings. The first-order valence-corrected chi connectivity index (χ1v) is 10.6. The predicted molar refractivity (Wildman–Crippen MR) is 123 cm³/mol. The van der Waals surface area contributed by atoms with Crippen LogP contribution in [0.2, 0.25) is 0 Å². The molecule has 0 aliphatic rings. The van der Waals surface area contributed by atoms with Gasteiger partial charge in [0.2, 0.25) is 0 Å². The molecular formula is C25H27N3O4. The second-order valence-corrected chi connectivity index (χ2v) is 8.90. The van der Waals surface area contributed by atoms with Gasteiger partial charge in [0.1, 0.15) is 29.9 Å². The summed E-state index contributed by atoms with van der Waals surface area (Å²) in [5.41, 5.74) is 2.46. The van der Waals surface area contributed by atoms with Crippen LogP contribution in [0.25, 0.3) is 22.2 Å². The van der Waals surface area contributed by atoms with Gasteiger partial charge in [-0.05, 0) is 30.0 Å². The van der Waals surface area contributed by atoms with Crippen molar-refractivity contribution < 1.29 is 14.4 Å². The van der Waals surface area contributed by atoms with Gasteiger partial charge >= 0.3 is 0 Å². The Morgan fingerprint density at radius 1 is 1.09 bits per heavy atom. The van der Waals surface area contributed by atoms with Crippen molar-refractivity contribution in [2.45, 2.75) is 45.8 Å². The van der Waals surface area contributed by atoms with Crippen molar-refractivity contribution in [2.75, 3.05) is 6.61 Å². The molecular weight excluding hydrogens is 406 g/mol. The van der Waals surface area contributed by atoms with Crippen molar-refractivity contribution in [1.29, 1.82) is 0 Å². The van der Waals surface area contributed by atoms with Gasteiger partial charge in [0.25, 0.3) is 5.56 Å². The fourth-order valence-corrected chi connectivity index (χ4v) is 3.55. The minimum absolute atomic E-state index is 0.0272. The molecule has 1 unspecified atom stereocenters. The Bertz CT molecular complexity index is 1270. The molecule has 166 valence electrons. The maximum Gasteiger partial charge on any atom is 0.296 e. The Kier molecular flexibility index (Phi) is 5.84. The summed E-state index contributed by atoms with van der Waals surface area (Å²) < 4.78 is 12.2. The van der Waals surface area contributed by atoms with Gasteiger partial charge in [-0.2, -0.15) is 5.10 Å². The van der Waals surface area contributed by atoms with Crippen molar-refractivity contribution in [3.63, 3.8) is 0 Å². The number of nitrogens with zero attached hydrogens (tertiary/aromatic N) is 3. The maximum absolute atomic E-state index is 12.9. The highest BCUT2D eigenvalue weighted by Crippen LogP contribution is 2.27. The van der Waals surface area contributed by atoms with Gasteiger partial charge in [-0.25, -0.2) is 4.68 Å². The van der Waals surface area contributed by atoms with Gasteiger partial charge in [-0.3, -0.25) is 4.79 Å². The maximum atomic E-state index is 12.9. The third-order valence-corrected chi connectivity index (χ3v) is 5.35. The minimum atomic E-state index is -0.934. The number of rotatable bonds is 6. The van der Waals surface area contributed by atoms with E-state index in [9.17, 15) is 9.90 Å². The summed E-state index contributed by atoms with van der Waals surface area (Å²) in [5.74, 6) is 1.18. The lowest BCUT2D eigenvalue weighted by molar-refractivity contribution is 0.0882. The van der Waals surface area contributed by atoms with E-state index in [0.29, 0.717) is 22.6 Å². The van der Waals surface area contributed by atoms with Crippen molar-refractivity contribution in [3.05, 3.63) is 76.3 Å². The topological polar surface area (TPSA) is 90.4 Å². The zero-order valence-electron chi connectivity index (χ0n) is 18.7. The van der Waals surface area contributed by atoms with E-state index in [2.05, 4.69) is 31.0 Å². The summed E-state index contributed by atoms with van der Waals surface area (Å²) in [6, 6.07) is 17.3. The van der Waals surface area contributed by atoms with E-state index in [1.54, 1.807) is 6.92 Å². The summed E-state index contributed by atoms with van der Waals surface area (Å²) in [6.07, 6.45) is -0.934. The third-order valence-electron chi connectivity index (χ3n) is 5.35. The van der Waals surface area contributed by atoms with Gasteiger partial charge in [0, 0.05) is 5.56 Å². The first-order valence-electron chi connectivity index (χ1n) is 10.6. The molecule has 0 aliphatic carbocycles. The number of hydrogen-bond acceptors (Lipinski definition) is 6. The van der Waals surface area contributed by atoms with E-state index in [0.717, 1.165) is 5.56 Å². The summed E-state index contributed by atoms with van der Waals surface area (Å²) in [4.78, 5) is 12.9. The first kappa shape index (κ1) is 21.8. The highest BCUT2D eigenvalue weighted by molar-refractivity contribution is 5.92. The molecule has 0 saturated carbocycles. The quantitative estimate of drug-likeness (QED) is 0.492. The van der Waals surface area contributed by atoms with E-state index in [-0.39, 0.29) is 24.1 Å². The Balaban J connectivity index is 1.55. The summed E-state index contributed by atoms with van der Waals surface area (Å²) in [5, 5.41) is 19.6. The van der Waals surface area contributed by atoms with Crippen LogP contribution in [0.1, 0.15) is 32.1 Å². The summed E-state index contributed by atoms with van der Waals surface area (Å²) in [7, 11) is 0. The van der Waals surface area contributed by atoms with Crippen molar-refractivity contribution >= 4 is 10.9 Å². The number of aryl methyl sites for hydroxylation is 1. The van der Waals surface area contributed by atoms with Crippen LogP contribution in [-0.2, 0) is 12.0 Å². The molecule has 0 radical (unpaired) electrons. The van der Waals surface area contributed by atoms with E-state index in [4.69, 9.17) is 9.26 Å². The molecule has 1 atom stereocenters. The van der Waals surface area contributed by atoms with Crippen LogP contribution in [0.5, 0.6) is 5.75 Å². The molecule has 7 nitrogen and oxygen atoms in total. The molecule has 2 aromatic heterocycles. The zero-order chi connectivity index (χ0) is 22.9. The minimum Gasteiger partial charge on any atom is -0.491 e. The molecule has 0 bridgehead atoms. The number of hydrogen-bond donors (Lipinski definition) is 1. The Labute approximate surface area is 186 Å². The van der Waals surface area contributed by atoms with Gasteiger partial charge in [-0.15, -0.1) is 0 Å². The van der Waals surface area contributed by atoms with Crippen molar-refractivity contribution in [1.82, 2.24) is 14.9 Å². The Hall–Kier alpha value is -3.45. The third kappa shape index (κ3) is 4.43. The highest BCUT2D eigenvalue weighted by Gasteiger charge is 2.20. The molecule has 2 heterocycles. The van der Waals surface area contributed by atoms with Crippen LogP contribution in [-0.4, -0.2) is 32.8 Å². The van der Waals surface area contributed by atoms with Gasteiger partial charge in [-0.1, -0.05) is 68.4 Å². The van der Waals surface area contributed by atoms with Crippen LogP contribution in [0.3, 0.4) is 0 Å². The smallest absolute Gasteiger partial charge is 0.296 e. The monoisotopic (exact) mass is 433 g/mol. The molecule has 0 amide bonds. The second-order valence-electron chi connectivity index (χ2n) is 8.90. The first-order chi connectivity index (χ1) is 15.2. The number of ether oxygens (including phenoxy) is 1. The molecule has 2 aromatic carbocycles. The molecule has 0 saturated heterocycles. The van der Waals surface area contributed by atoms with Gasteiger partial charge < -0.3 is 14.4 Å². The fraction of sp³-hybridized carbons (Fsp3) is 0.320. The fourth-order valence-electron chi connectivity index (χ4n) is 3.55. The largest absolute Gasteiger partial charge is 0.491 e. The molecule has 0 spiro atoms. The van der Waals surface area contributed by atoms with Crippen LogP contribution in [0.15, 0.2) is 63.9 Å². The lowest BCUT2D eigenvalue weighted by Gasteiger charge is -2.19. The molecule has 0 aliphatic heterocycles. The highest BCUT2D eigenvalue weighted by atomic mass is 16.5. The van der Waals surface area contributed by atoms with E-state index < -0.39 is 11.7 Å². The lowest BCUT2D eigenvalue weighted by Crippen LogP contribution is -2.32. The lowest BCUT2D eigenvalue weighted by atomic mass is 9.87. The standard InChI is InChI=1S/C25H27N3O4/c1-16-21-22(17-8-6-5-7-9-17)26-28(24(30)23(21)27-32-16)14-19(29)15-31-20-12-10-18(11-13-20)25(2,3)4/h5-13,19,29H,14-15H2,1-4H3. The van der Waals surface area contributed by atoms with Crippen molar-refractivity contribution in [3.8, 4) is 17.0 Å². The van der Waals surface area contributed by atoms with E-state index >= 15 is 0 Å². The summed E-state index contributed by atoms with van der Waals surface area (Å²) >= 11 is 0. The van der Waals surface area contributed by atoms with Crippen LogP contribution < -0.4 is 10.3 Å². The van der Waals surface area contributed by atoms with Gasteiger partial charge in [0.05, 0.1) is 11.9 Å². The predicted octanol–water partition coefficient (Wildman–Crippen LogP) is 4.10. The van der Waals surface area contributed by atoms with Crippen LogP contribution >= 0.6 is 0 Å². The van der Waals surface area contributed by atoms with E-state index in [1.165, 1.54) is 10.2 Å². The SMILES string of the molecule is Cc1onc2c(=O)n(CC(O)COc3ccc(C(C)(C)C)cc3)nc(-c3ccccc3)c12. The number of aliphatic hydroxyl groups excluding tert-OH is 1. The number of benzene rings is 2. The van der Waals surface area contributed by atoms with Crippen LogP contribution in [0.4, 0.5) is 0 Å². The number of fused-ring (bicyclic) bond motifs is 1.